The summed E-state index contributed by atoms with van der Waals surface area (Å²) in [4.78, 5) is 19.7. The maximum absolute atomic E-state index is 13.3. The maximum atomic E-state index is 13.3. The average Bonchev–Trinajstić information content (AvgIpc) is 3.11. The molecule has 0 aromatic heterocycles. The maximum Gasteiger partial charge on any atom is 0.416 e. The van der Waals surface area contributed by atoms with Gasteiger partial charge in [-0.2, -0.15) is 13.2 Å². The Labute approximate surface area is 274 Å². The van der Waals surface area contributed by atoms with Crippen LogP contribution in [0.15, 0.2) is 97.1 Å². The van der Waals surface area contributed by atoms with Crippen LogP contribution in [-0.4, -0.2) is 69.2 Å². The topological polar surface area (TPSA) is 45.3 Å². The molecule has 246 valence electrons. The molecule has 0 N–H and O–H groups in total. The van der Waals surface area contributed by atoms with Gasteiger partial charge in [-0.15, -0.1) is 0 Å². The lowest BCUT2D eigenvalue weighted by molar-refractivity contribution is -0.137. The molecule has 0 atom stereocenters. The van der Waals surface area contributed by atoms with Gasteiger partial charge in [0.05, 0.1) is 19.8 Å². The number of hydrogen-bond donors (Lipinski definition) is 0. The Hall–Kier alpha value is -4.50. The Kier molecular flexibility index (Phi) is 9.45. The van der Waals surface area contributed by atoms with E-state index < -0.39 is 11.7 Å². The number of piperidine rings is 1. The van der Waals surface area contributed by atoms with Gasteiger partial charge in [0.15, 0.2) is 0 Å². The minimum Gasteiger partial charge on any atom is -0.497 e. The molecule has 47 heavy (non-hydrogen) atoms. The molecule has 0 unspecified atom stereocenters. The molecule has 6 nitrogen and oxygen atoms in total. The summed E-state index contributed by atoms with van der Waals surface area (Å²) >= 11 is 0. The number of nitrogens with zero attached hydrogens (tertiary/aromatic N) is 3. The van der Waals surface area contributed by atoms with E-state index in [4.69, 9.17) is 9.47 Å². The van der Waals surface area contributed by atoms with Gasteiger partial charge in [-0.25, -0.2) is 0 Å². The van der Waals surface area contributed by atoms with Gasteiger partial charge in [-0.3, -0.25) is 9.69 Å². The molecule has 1 amide bonds. The number of likely N-dealkylation sites (tertiary alicyclic amines) is 1. The van der Waals surface area contributed by atoms with Gasteiger partial charge in [-0.1, -0.05) is 36.4 Å². The third-order valence-corrected chi connectivity index (χ3v) is 9.59. The molecule has 6 rings (SSSR count). The van der Waals surface area contributed by atoms with Crippen LogP contribution in [0.4, 0.5) is 18.9 Å². The molecular weight excluding hydrogens is 603 g/mol. The van der Waals surface area contributed by atoms with E-state index in [1.165, 1.54) is 23.3 Å². The number of anilines is 1. The van der Waals surface area contributed by atoms with Gasteiger partial charge in [0.25, 0.3) is 5.91 Å². The third-order valence-electron chi connectivity index (χ3n) is 9.59. The van der Waals surface area contributed by atoms with Crippen LogP contribution < -0.4 is 14.4 Å². The van der Waals surface area contributed by atoms with E-state index in [1.54, 1.807) is 14.2 Å². The van der Waals surface area contributed by atoms with Crippen LogP contribution in [0.5, 0.6) is 11.5 Å². The summed E-state index contributed by atoms with van der Waals surface area (Å²) in [7, 11) is 3.37. The van der Waals surface area contributed by atoms with Gasteiger partial charge in [-0.05, 0) is 96.7 Å². The smallest absolute Gasteiger partial charge is 0.416 e. The van der Waals surface area contributed by atoms with Crippen molar-refractivity contribution in [1.82, 2.24) is 9.80 Å². The lowest BCUT2D eigenvalue weighted by Gasteiger charge is -2.44. The number of alkyl halides is 3. The second-order valence-corrected chi connectivity index (χ2v) is 12.4. The summed E-state index contributed by atoms with van der Waals surface area (Å²) in [6.45, 7) is 4.76. The molecule has 2 aliphatic rings. The second-order valence-electron chi connectivity index (χ2n) is 12.4. The molecule has 4 aromatic rings. The standard InChI is InChI=1S/C38H40F3N3O3/c1-46-34-16-10-30(11-17-34)37(31-12-18-35(47-2)19-13-31)20-3-21-42(27-37)26-28-4-6-29(7-5-28)36(45)44-24-22-43(23-25-44)33-14-8-32(9-15-33)38(39,40)41/h4-19H,3,20-27H2,1-2H3. The van der Waals surface area contributed by atoms with Crippen molar-refractivity contribution in [3.8, 4) is 11.5 Å². The average molecular weight is 644 g/mol. The van der Waals surface area contributed by atoms with Crippen molar-refractivity contribution in [3.05, 3.63) is 125 Å². The highest BCUT2D eigenvalue weighted by atomic mass is 19.4. The fourth-order valence-corrected chi connectivity index (χ4v) is 6.96. The number of methoxy groups -OCH3 is 2. The molecular formula is C38H40F3N3O3. The van der Waals surface area contributed by atoms with E-state index >= 15 is 0 Å². The van der Waals surface area contributed by atoms with Crippen LogP contribution in [0.3, 0.4) is 0 Å². The minimum atomic E-state index is -4.36. The molecule has 2 heterocycles. The molecule has 0 bridgehead atoms. The Bertz CT molecular complexity index is 1580. The van der Waals surface area contributed by atoms with Crippen molar-refractivity contribution in [2.75, 3.05) is 58.4 Å². The summed E-state index contributed by atoms with van der Waals surface area (Å²) in [5.74, 6) is 1.64. The zero-order valence-corrected chi connectivity index (χ0v) is 26.8. The van der Waals surface area contributed by atoms with Crippen LogP contribution in [0.1, 0.15) is 45.5 Å². The number of rotatable bonds is 8. The van der Waals surface area contributed by atoms with Gasteiger partial charge in [0.2, 0.25) is 0 Å². The first-order chi connectivity index (χ1) is 22.7. The van der Waals surface area contributed by atoms with E-state index in [9.17, 15) is 18.0 Å². The van der Waals surface area contributed by atoms with Crippen molar-refractivity contribution in [2.45, 2.75) is 31.0 Å². The minimum absolute atomic E-state index is 0.0281. The molecule has 9 heteroatoms. The number of hydrogen-bond acceptors (Lipinski definition) is 5. The third kappa shape index (κ3) is 7.10. The Morgan fingerprint density at radius 2 is 1.28 bits per heavy atom. The predicted molar refractivity (Wildman–Crippen MR) is 177 cm³/mol. The summed E-state index contributed by atoms with van der Waals surface area (Å²) in [5, 5.41) is 0. The SMILES string of the molecule is COc1ccc(C2(c3ccc(OC)cc3)CCCN(Cc3ccc(C(=O)N4CCN(c5ccc(C(F)(F)F)cc5)CC4)cc3)C2)cc1. The lowest BCUT2D eigenvalue weighted by Crippen LogP contribution is -2.48. The number of benzene rings is 4. The van der Waals surface area contributed by atoms with Crippen LogP contribution >= 0.6 is 0 Å². The van der Waals surface area contributed by atoms with Gasteiger partial charge >= 0.3 is 6.18 Å². The van der Waals surface area contributed by atoms with E-state index in [0.717, 1.165) is 67.4 Å². The van der Waals surface area contributed by atoms with Crippen LogP contribution in [0, 0.1) is 0 Å². The fraction of sp³-hybridized carbons (Fsp3) is 0.342. The zero-order chi connectivity index (χ0) is 33.0. The first-order valence-corrected chi connectivity index (χ1v) is 16.0. The Morgan fingerprint density at radius 1 is 0.723 bits per heavy atom. The predicted octanol–water partition coefficient (Wildman–Crippen LogP) is 7.27. The van der Waals surface area contributed by atoms with Crippen LogP contribution in [-0.2, 0) is 18.1 Å². The first kappa shape index (κ1) is 32.4. The molecule has 4 aromatic carbocycles. The number of halogens is 3. The first-order valence-electron chi connectivity index (χ1n) is 16.0. The Balaban J connectivity index is 1.10. The van der Waals surface area contributed by atoms with Gasteiger partial charge in [0.1, 0.15) is 11.5 Å². The largest absolute Gasteiger partial charge is 0.497 e. The van der Waals surface area contributed by atoms with E-state index in [1.807, 2.05) is 58.3 Å². The Morgan fingerprint density at radius 3 is 1.79 bits per heavy atom. The highest BCUT2D eigenvalue weighted by molar-refractivity contribution is 5.94. The van der Waals surface area contributed by atoms with Gasteiger partial charge in [0, 0.05) is 55.9 Å². The summed E-state index contributed by atoms with van der Waals surface area (Å²) in [5.41, 5.74) is 4.19. The van der Waals surface area contributed by atoms with Crippen molar-refractivity contribution < 1.29 is 27.4 Å². The highest BCUT2D eigenvalue weighted by Gasteiger charge is 2.39. The number of piperazine rings is 1. The zero-order valence-electron chi connectivity index (χ0n) is 26.8. The van der Waals surface area contributed by atoms with Crippen LogP contribution in [0.2, 0.25) is 0 Å². The number of ether oxygens (including phenoxy) is 2. The molecule has 0 saturated carbocycles. The summed E-state index contributed by atoms with van der Waals surface area (Å²) in [6, 6.07) is 30.0. The number of amides is 1. The molecule has 2 aliphatic heterocycles. The number of carbonyl (C=O) groups is 1. The van der Waals surface area contributed by atoms with E-state index in [-0.39, 0.29) is 11.3 Å². The molecule has 0 aliphatic carbocycles. The monoisotopic (exact) mass is 643 g/mol. The van der Waals surface area contributed by atoms with Crippen molar-refractivity contribution in [2.24, 2.45) is 0 Å². The lowest BCUT2D eigenvalue weighted by atomic mass is 9.69. The molecule has 2 saturated heterocycles. The second kappa shape index (κ2) is 13.7. The summed E-state index contributed by atoms with van der Waals surface area (Å²) < 4.78 is 49.7. The highest BCUT2D eigenvalue weighted by Crippen LogP contribution is 2.42. The van der Waals surface area contributed by atoms with E-state index in [0.29, 0.717) is 31.7 Å². The van der Waals surface area contributed by atoms with Crippen molar-refractivity contribution in [3.63, 3.8) is 0 Å². The van der Waals surface area contributed by atoms with Gasteiger partial charge < -0.3 is 19.3 Å². The van der Waals surface area contributed by atoms with Crippen molar-refractivity contribution in [1.29, 1.82) is 0 Å². The van der Waals surface area contributed by atoms with E-state index in [2.05, 4.69) is 29.2 Å². The molecule has 0 radical (unpaired) electrons. The fourth-order valence-electron chi connectivity index (χ4n) is 6.96. The van der Waals surface area contributed by atoms with Crippen molar-refractivity contribution >= 4 is 11.6 Å². The number of carbonyl (C=O) groups excluding carboxylic acids is 1. The normalized spacial score (nSPS) is 17.0. The molecule has 2 fully saturated rings. The molecule has 0 spiro atoms. The van der Waals surface area contributed by atoms with Crippen LogP contribution in [0.25, 0.3) is 0 Å². The summed E-state index contributed by atoms with van der Waals surface area (Å²) in [6.07, 6.45) is -2.28. The quantitative estimate of drug-likeness (QED) is 0.202.